The molecule has 6 heteroatoms. The average Bonchev–Trinajstić information content (AvgIpc) is 2.87. The maximum Gasteiger partial charge on any atom is 0.260 e. The fraction of sp³-hybridized carbons (Fsp3) is 0.368. The van der Waals surface area contributed by atoms with Crippen LogP contribution in [-0.4, -0.2) is 54.4 Å². The normalized spacial score (nSPS) is 15.1. The lowest BCUT2D eigenvalue weighted by molar-refractivity contribution is -0.134. The maximum absolute atomic E-state index is 12.5. The summed E-state index contributed by atoms with van der Waals surface area (Å²) in [6.45, 7) is 4.07. The molecule has 132 valence electrons. The highest BCUT2D eigenvalue weighted by Crippen LogP contribution is 2.33. The van der Waals surface area contributed by atoms with E-state index in [4.69, 9.17) is 4.74 Å². The Bertz CT molecular complexity index is 793. The Balaban J connectivity index is 1.62. The number of carbonyl (C=O) groups excluding carboxylic acids is 2. The smallest absolute Gasteiger partial charge is 0.260 e. The number of rotatable bonds is 3. The Morgan fingerprint density at radius 2 is 1.76 bits per heavy atom. The lowest BCUT2D eigenvalue weighted by Crippen LogP contribution is -2.38. The number of fused-ring (bicyclic) bond motifs is 1. The molecule has 1 fully saturated rings. The first-order valence-electron chi connectivity index (χ1n) is 8.39. The van der Waals surface area contributed by atoms with Crippen LogP contribution in [0.25, 0.3) is 10.8 Å². The van der Waals surface area contributed by atoms with Gasteiger partial charge in [0, 0.05) is 33.1 Å². The van der Waals surface area contributed by atoms with E-state index in [9.17, 15) is 9.59 Å². The number of hydrogen-bond donors (Lipinski definition) is 0. The van der Waals surface area contributed by atoms with Gasteiger partial charge in [0.05, 0.1) is 4.47 Å². The molecule has 1 aliphatic rings. The highest BCUT2D eigenvalue weighted by molar-refractivity contribution is 9.10. The van der Waals surface area contributed by atoms with Gasteiger partial charge in [0.15, 0.2) is 6.61 Å². The van der Waals surface area contributed by atoms with Gasteiger partial charge in [-0.2, -0.15) is 0 Å². The van der Waals surface area contributed by atoms with Crippen LogP contribution in [0, 0.1) is 0 Å². The van der Waals surface area contributed by atoms with Crippen LogP contribution in [0.5, 0.6) is 5.75 Å². The number of carbonyl (C=O) groups is 2. The number of nitrogens with zero attached hydrogens (tertiary/aromatic N) is 2. The molecular formula is C19H21BrN2O3. The van der Waals surface area contributed by atoms with E-state index in [0.717, 1.165) is 21.7 Å². The van der Waals surface area contributed by atoms with Crippen LogP contribution >= 0.6 is 15.9 Å². The lowest BCUT2D eigenvalue weighted by atomic mass is 10.1. The molecule has 1 heterocycles. The van der Waals surface area contributed by atoms with E-state index in [1.807, 2.05) is 36.4 Å². The minimum absolute atomic E-state index is 0.00296. The zero-order valence-corrected chi connectivity index (χ0v) is 15.8. The topological polar surface area (TPSA) is 49.9 Å². The summed E-state index contributed by atoms with van der Waals surface area (Å²) in [6, 6.07) is 11.9. The molecule has 0 saturated carbocycles. The van der Waals surface area contributed by atoms with Gasteiger partial charge in [0.1, 0.15) is 5.75 Å². The first kappa shape index (κ1) is 17.7. The van der Waals surface area contributed by atoms with Crippen molar-refractivity contribution in [2.24, 2.45) is 0 Å². The standard InChI is InChI=1S/C19H21BrN2O3/c1-14(23)21-9-4-10-22(12-11-21)18(24)13-25-17-8-7-15-5-2-3-6-16(15)19(17)20/h2-3,5-8H,4,9-13H2,1H3. The largest absolute Gasteiger partial charge is 0.483 e. The Hall–Kier alpha value is -2.08. The van der Waals surface area contributed by atoms with Crippen LogP contribution in [0.15, 0.2) is 40.9 Å². The van der Waals surface area contributed by atoms with Crippen molar-refractivity contribution in [2.45, 2.75) is 13.3 Å². The van der Waals surface area contributed by atoms with Gasteiger partial charge in [-0.15, -0.1) is 0 Å². The Labute approximate surface area is 155 Å². The van der Waals surface area contributed by atoms with Gasteiger partial charge >= 0.3 is 0 Å². The molecule has 5 nitrogen and oxygen atoms in total. The summed E-state index contributed by atoms with van der Waals surface area (Å²) in [4.78, 5) is 27.5. The molecule has 25 heavy (non-hydrogen) atoms. The van der Waals surface area contributed by atoms with E-state index < -0.39 is 0 Å². The molecule has 2 amide bonds. The second kappa shape index (κ2) is 7.87. The Morgan fingerprint density at radius 1 is 1.04 bits per heavy atom. The number of ether oxygens (including phenoxy) is 1. The minimum atomic E-state index is -0.0505. The predicted octanol–water partition coefficient (Wildman–Crippen LogP) is 3.06. The highest BCUT2D eigenvalue weighted by Gasteiger charge is 2.20. The van der Waals surface area contributed by atoms with E-state index >= 15 is 0 Å². The zero-order chi connectivity index (χ0) is 17.8. The average molecular weight is 405 g/mol. The maximum atomic E-state index is 12.5. The minimum Gasteiger partial charge on any atom is -0.483 e. The van der Waals surface area contributed by atoms with E-state index in [1.54, 1.807) is 16.7 Å². The molecule has 0 unspecified atom stereocenters. The van der Waals surface area contributed by atoms with Crippen molar-refractivity contribution < 1.29 is 14.3 Å². The van der Waals surface area contributed by atoms with Crippen LogP contribution in [-0.2, 0) is 9.59 Å². The van der Waals surface area contributed by atoms with Gasteiger partial charge < -0.3 is 14.5 Å². The first-order valence-corrected chi connectivity index (χ1v) is 9.19. The molecule has 0 atom stereocenters. The van der Waals surface area contributed by atoms with Crippen molar-refractivity contribution in [3.05, 3.63) is 40.9 Å². The van der Waals surface area contributed by atoms with E-state index in [1.165, 1.54) is 0 Å². The van der Waals surface area contributed by atoms with Crippen molar-refractivity contribution in [2.75, 3.05) is 32.8 Å². The molecule has 0 N–H and O–H groups in total. The molecule has 2 aromatic rings. The number of amides is 2. The summed E-state index contributed by atoms with van der Waals surface area (Å²) in [6.07, 6.45) is 0.797. The third-order valence-corrected chi connectivity index (χ3v) is 5.29. The van der Waals surface area contributed by atoms with Crippen molar-refractivity contribution in [3.63, 3.8) is 0 Å². The molecule has 0 bridgehead atoms. The van der Waals surface area contributed by atoms with Crippen LogP contribution in [0.1, 0.15) is 13.3 Å². The van der Waals surface area contributed by atoms with Gasteiger partial charge in [-0.25, -0.2) is 0 Å². The van der Waals surface area contributed by atoms with E-state index in [-0.39, 0.29) is 18.4 Å². The molecule has 1 aliphatic heterocycles. The summed E-state index contributed by atoms with van der Waals surface area (Å²) in [7, 11) is 0. The molecule has 2 aromatic carbocycles. The van der Waals surface area contributed by atoms with Crippen molar-refractivity contribution in [3.8, 4) is 5.75 Å². The van der Waals surface area contributed by atoms with Gasteiger partial charge in [-0.05, 0) is 39.2 Å². The SMILES string of the molecule is CC(=O)N1CCCN(C(=O)COc2ccc3ccccc3c2Br)CC1. The second-order valence-corrected chi connectivity index (χ2v) is 6.92. The Kier molecular flexibility index (Phi) is 5.58. The zero-order valence-electron chi connectivity index (χ0n) is 14.2. The summed E-state index contributed by atoms with van der Waals surface area (Å²) in [5.74, 6) is 0.670. The lowest BCUT2D eigenvalue weighted by Gasteiger charge is -2.21. The predicted molar refractivity (Wildman–Crippen MR) is 101 cm³/mol. The quantitative estimate of drug-likeness (QED) is 0.789. The molecule has 0 spiro atoms. The van der Waals surface area contributed by atoms with Crippen LogP contribution in [0.3, 0.4) is 0 Å². The third-order valence-electron chi connectivity index (χ3n) is 4.47. The van der Waals surface area contributed by atoms with Crippen molar-refractivity contribution in [1.29, 1.82) is 0 Å². The second-order valence-electron chi connectivity index (χ2n) is 6.13. The van der Waals surface area contributed by atoms with E-state index in [0.29, 0.717) is 31.9 Å². The number of benzene rings is 2. The fourth-order valence-corrected chi connectivity index (χ4v) is 3.65. The monoisotopic (exact) mass is 404 g/mol. The molecule has 0 aliphatic carbocycles. The Morgan fingerprint density at radius 3 is 2.56 bits per heavy atom. The van der Waals surface area contributed by atoms with Crippen LogP contribution < -0.4 is 4.74 Å². The van der Waals surface area contributed by atoms with Crippen molar-refractivity contribution in [1.82, 2.24) is 9.80 Å². The fourth-order valence-electron chi connectivity index (χ4n) is 3.04. The summed E-state index contributed by atoms with van der Waals surface area (Å²) in [5.41, 5.74) is 0. The van der Waals surface area contributed by atoms with Crippen LogP contribution in [0.2, 0.25) is 0 Å². The number of hydrogen-bond acceptors (Lipinski definition) is 3. The van der Waals surface area contributed by atoms with E-state index in [2.05, 4.69) is 15.9 Å². The molecule has 3 rings (SSSR count). The molecule has 0 aromatic heterocycles. The van der Waals surface area contributed by atoms with Gasteiger partial charge in [-0.3, -0.25) is 9.59 Å². The van der Waals surface area contributed by atoms with Gasteiger partial charge in [0.2, 0.25) is 5.91 Å². The van der Waals surface area contributed by atoms with Crippen molar-refractivity contribution >= 4 is 38.5 Å². The first-order chi connectivity index (χ1) is 12.1. The summed E-state index contributed by atoms with van der Waals surface area (Å²) < 4.78 is 6.61. The molecular weight excluding hydrogens is 384 g/mol. The summed E-state index contributed by atoms with van der Waals surface area (Å²) >= 11 is 3.57. The number of halogens is 1. The summed E-state index contributed by atoms with van der Waals surface area (Å²) in [5, 5.41) is 2.17. The van der Waals surface area contributed by atoms with Crippen LogP contribution in [0.4, 0.5) is 0 Å². The third kappa shape index (κ3) is 4.12. The van der Waals surface area contributed by atoms with Gasteiger partial charge in [-0.1, -0.05) is 30.3 Å². The van der Waals surface area contributed by atoms with Gasteiger partial charge in [0.25, 0.3) is 5.91 Å². The molecule has 0 radical (unpaired) electrons. The molecule has 1 saturated heterocycles. The highest BCUT2D eigenvalue weighted by atomic mass is 79.9.